The Morgan fingerprint density at radius 3 is 2.35 bits per heavy atom. The SMILES string of the molecule is Cc1cc(Nc2nn(-c3ccc(C(C)(C)C)cc3)c(=O)c3cc([N+](=O)[O-])ccc23)n[nH]1. The normalized spacial score (nSPS) is 11.6. The Hall–Kier alpha value is -4.01. The van der Waals surface area contributed by atoms with E-state index in [1.54, 1.807) is 6.07 Å². The second-order valence-electron chi connectivity index (χ2n) is 8.41. The van der Waals surface area contributed by atoms with Crippen molar-refractivity contribution in [2.24, 2.45) is 0 Å². The maximum Gasteiger partial charge on any atom is 0.279 e. The molecule has 9 heteroatoms. The van der Waals surface area contributed by atoms with Gasteiger partial charge in [0, 0.05) is 29.3 Å². The van der Waals surface area contributed by atoms with Crippen LogP contribution in [0.3, 0.4) is 0 Å². The van der Waals surface area contributed by atoms with Gasteiger partial charge < -0.3 is 5.32 Å². The molecule has 0 bridgehead atoms. The fourth-order valence-corrected chi connectivity index (χ4v) is 3.32. The molecule has 0 aliphatic rings. The summed E-state index contributed by atoms with van der Waals surface area (Å²) in [7, 11) is 0. The first kappa shape index (κ1) is 20.3. The van der Waals surface area contributed by atoms with E-state index in [1.165, 1.54) is 22.9 Å². The van der Waals surface area contributed by atoms with Gasteiger partial charge in [-0.15, -0.1) is 5.10 Å². The van der Waals surface area contributed by atoms with Gasteiger partial charge in [0.25, 0.3) is 11.2 Å². The number of non-ortho nitro benzene ring substituents is 1. The molecule has 0 aliphatic carbocycles. The number of aromatic amines is 1. The molecule has 0 saturated carbocycles. The molecule has 4 rings (SSSR count). The molecule has 0 radical (unpaired) electrons. The minimum absolute atomic E-state index is 0.0363. The molecule has 9 nitrogen and oxygen atoms in total. The van der Waals surface area contributed by atoms with Crippen molar-refractivity contribution in [1.82, 2.24) is 20.0 Å². The molecule has 0 spiro atoms. The van der Waals surface area contributed by atoms with Crippen molar-refractivity contribution in [3.8, 4) is 5.69 Å². The molecule has 2 N–H and O–H groups in total. The van der Waals surface area contributed by atoms with Crippen LogP contribution in [0, 0.1) is 17.0 Å². The molecule has 0 atom stereocenters. The van der Waals surface area contributed by atoms with Crippen molar-refractivity contribution in [3.05, 3.63) is 80.3 Å². The third-order valence-electron chi connectivity index (χ3n) is 5.02. The van der Waals surface area contributed by atoms with Gasteiger partial charge in [-0.05, 0) is 36.1 Å². The third-order valence-corrected chi connectivity index (χ3v) is 5.02. The zero-order valence-electron chi connectivity index (χ0n) is 17.6. The summed E-state index contributed by atoms with van der Waals surface area (Å²) in [5.74, 6) is 0.897. The summed E-state index contributed by atoms with van der Waals surface area (Å²) in [4.78, 5) is 24.0. The molecule has 0 unspecified atom stereocenters. The number of anilines is 2. The van der Waals surface area contributed by atoms with E-state index in [4.69, 9.17) is 0 Å². The van der Waals surface area contributed by atoms with Crippen LogP contribution >= 0.6 is 0 Å². The van der Waals surface area contributed by atoms with Crippen LogP contribution < -0.4 is 10.9 Å². The predicted molar refractivity (Wildman–Crippen MR) is 119 cm³/mol. The van der Waals surface area contributed by atoms with Gasteiger partial charge in [0.2, 0.25) is 0 Å². The summed E-state index contributed by atoms with van der Waals surface area (Å²) in [5.41, 5.74) is 1.90. The zero-order chi connectivity index (χ0) is 22.3. The van der Waals surface area contributed by atoms with E-state index in [1.807, 2.05) is 31.2 Å². The number of nitrogens with one attached hydrogen (secondary N) is 2. The number of aryl methyl sites for hydroxylation is 1. The van der Waals surface area contributed by atoms with Crippen LogP contribution in [-0.4, -0.2) is 24.9 Å². The molecule has 0 saturated heterocycles. The molecule has 0 amide bonds. The van der Waals surface area contributed by atoms with E-state index >= 15 is 0 Å². The number of benzene rings is 2. The summed E-state index contributed by atoms with van der Waals surface area (Å²) < 4.78 is 1.25. The maximum atomic E-state index is 13.2. The Morgan fingerprint density at radius 2 is 1.77 bits per heavy atom. The third kappa shape index (κ3) is 3.89. The second kappa shape index (κ2) is 7.35. The highest BCUT2D eigenvalue weighted by Gasteiger charge is 2.18. The van der Waals surface area contributed by atoms with Gasteiger partial charge in [0.1, 0.15) is 0 Å². The highest BCUT2D eigenvalue weighted by Crippen LogP contribution is 2.27. The van der Waals surface area contributed by atoms with Crippen LogP contribution in [0.15, 0.2) is 53.3 Å². The number of rotatable bonds is 4. The Balaban J connectivity index is 1.92. The molecule has 0 aliphatic heterocycles. The van der Waals surface area contributed by atoms with E-state index in [0.29, 0.717) is 22.7 Å². The zero-order valence-corrected chi connectivity index (χ0v) is 17.6. The number of nitrogens with zero attached hydrogens (tertiary/aromatic N) is 4. The highest BCUT2D eigenvalue weighted by atomic mass is 16.6. The number of fused-ring (bicyclic) bond motifs is 1. The molecule has 2 aromatic heterocycles. The van der Waals surface area contributed by atoms with E-state index in [0.717, 1.165) is 11.3 Å². The number of hydrogen-bond donors (Lipinski definition) is 2. The fourth-order valence-electron chi connectivity index (χ4n) is 3.32. The first-order valence-corrected chi connectivity index (χ1v) is 9.75. The lowest BCUT2D eigenvalue weighted by molar-refractivity contribution is -0.384. The monoisotopic (exact) mass is 418 g/mol. The number of aromatic nitrogens is 4. The van der Waals surface area contributed by atoms with Gasteiger partial charge in [0.15, 0.2) is 11.6 Å². The predicted octanol–water partition coefficient (Wildman–Crippen LogP) is 4.37. The Labute approximate surface area is 177 Å². The number of nitro groups is 1. The lowest BCUT2D eigenvalue weighted by atomic mass is 9.87. The average molecular weight is 418 g/mol. The van der Waals surface area contributed by atoms with Crippen LogP contribution in [0.2, 0.25) is 0 Å². The van der Waals surface area contributed by atoms with Crippen LogP contribution in [-0.2, 0) is 5.41 Å². The van der Waals surface area contributed by atoms with Gasteiger partial charge in [0.05, 0.1) is 16.0 Å². The van der Waals surface area contributed by atoms with E-state index in [-0.39, 0.29) is 16.5 Å². The molecular weight excluding hydrogens is 396 g/mol. The van der Waals surface area contributed by atoms with Crippen molar-refractivity contribution in [2.45, 2.75) is 33.1 Å². The van der Waals surface area contributed by atoms with Gasteiger partial charge >= 0.3 is 0 Å². The first-order valence-electron chi connectivity index (χ1n) is 9.75. The Kier molecular flexibility index (Phi) is 4.81. The summed E-state index contributed by atoms with van der Waals surface area (Å²) in [6.07, 6.45) is 0. The number of hydrogen-bond acceptors (Lipinski definition) is 6. The lowest BCUT2D eigenvalue weighted by Gasteiger charge is -2.19. The van der Waals surface area contributed by atoms with Crippen molar-refractivity contribution in [1.29, 1.82) is 0 Å². The van der Waals surface area contributed by atoms with Gasteiger partial charge in [-0.1, -0.05) is 32.9 Å². The topological polar surface area (TPSA) is 119 Å². The van der Waals surface area contributed by atoms with Crippen LogP contribution in [0.4, 0.5) is 17.3 Å². The lowest BCUT2D eigenvalue weighted by Crippen LogP contribution is -2.23. The van der Waals surface area contributed by atoms with Crippen molar-refractivity contribution in [2.75, 3.05) is 5.32 Å². The Morgan fingerprint density at radius 1 is 1.06 bits per heavy atom. The largest absolute Gasteiger partial charge is 0.321 e. The molecule has 31 heavy (non-hydrogen) atoms. The molecular formula is C22H22N6O3. The summed E-state index contributed by atoms with van der Waals surface area (Å²) >= 11 is 0. The van der Waals surface area contributed by atoms with E-state index in [9.17, 15) is 14.9 Å². The molecule has 158 valence electrons. The molecule has 2 aromatic carbocycles. The van der Waals surface area contributed by atoms with Crippen LogP contribution in [0.25, 0.3) is 16.5 Å². The summed E-state index contributed by atoms with van der Waals surface area (Å²) in [6.45, 7) is 8.19. The van der Waals surface area contributed by atoms with Crippen LogP contribution in [0.1, 0.15) is 32.0 Å². The quantitative estimate of drug-likeness (QED) is 0.375. The molecule has 0 fully saturated rings. The maximum absolute atomic E-state index is 13.2. The number of H-pyrrole nitrogens is 1. The number of nitro benzene ring substituents is 1. The molecule has 2 heterocycles. The van der Waals surface area contributed by atoms with E-state index < -0.39 is 10.5 Å². The van der Waals surface area contributed by atoms with Gasteiger partial charge in [-0.2, -0.15) is 9.78 Å². The smallest absolute Gasteiger partial charge is 0.279 e. The van der Waals surface area contributed by atoms with Crippen molar-refractivity contribution < 1.29 is 4.92 Å². The summed E-state index contributed by atoms with van der Waals surface area (Å²) in [6, 6.07) is 13.5. The van der Waals surface area contributed by atoms with Crippen molar-refractivity contribution >= 4 is 28.1 Å². The minimum atomic E-state index is -0.522. The van der Waals surface area contributed by atoms with E-state index in [2.05, 4.69) is 41.4 Å². The average Bonchev–Trinajstić information content (AvgIpc) is 3.14. The van der Waals surface area contributed by atoms with Gasteiger partial charge in [-0.3, -0.25) is 20.0 Å². The van der Waals surface area contributed by atoms with Crippen LogP contribution in [0.5, 0.6) is 0 Å². The minimum Gasteiger partial charge on any atom is -0.321 e. The second-order valence-corrected chi connectivity index (χ2v) is 8.41. The van der Waals surface area contributed by atoms with Gasteiger partial charge in [-0.25, -0.2) is 0 Å². The Bertz CT molecular complexity index is 1350. The fraction of sp³-hybridized carbons (Fsp3) is 0.227. The first-order chi connectivity index (χ1) is 14.6. The molecule has 4 aromatic rings. The van der Waals surface area contributed by atoms with Crippen molar-refractivity contribution in [3.63, 3.8) is 0 Å². The highest BCUT2D eigenvalue weighted by molar-refractivity contribution is 5.93. The standard InChI is InChI=1S/C22H22N6O3/c1-13-11-19(25-24-13)23-20-17-10-9-16(28(30)31)12-18(17)21(29)27(26-20)15-7-5-14(6-8-15)22(2,3)4/h5-12H,1-4H3,(H2,23,24,25,26). The summed E-state index contributed by atoms with van der Waals surface area (Å²) in [5, 5.41) is 26.6.